The van der Waals surface area contributed by atoms with Gasteiger partial charge in [-0.1, -0.05) is 19.1 Å². The molecule has 1 aliphatic heterocycles. The van der Waals surface area contributed by atoms with Crippen LogP contribution in [0.2, 0.25) is 0 Å². The Morgan fingerprint density at radius 2 is 1.69 bits per heavy atom. The second kappa shape index (κ2) is 14.6. The number of nitrogens with one attached hydrogen (secondary N) is 2. The molecular formula is C29H43N5O7S. The Hall–Kier alpha value is -3.45. The number of carbonyl (C=O) groups is 4. The zero-order chi connectivity index (χ0) is 31.0. The van der Waals surface area contributed by atoms with Crippen molar-refractivity contribution in [3.05, 3.63) is 41.0 Å². The third-order valence-electron chi connectivity index (χ3n) is 7.67. The van der Waals surface area contributed by atoms with Crippen LogP contribution in [-0.2, 0) is 30.8 Å². The first kappa shape index (κ1) is 33.1. The van der Waals surface area contributed by atoms with E-state index < -0.39 is 22.1 Å². The fourth-order valence-electron chi connectivity index (χ4n) is 5.13. The molecule has 3 rings (SSSR count). The zero-order valence-electron chi connectivity index (χ0n) is 25.1. The minimum absolute atomic E-state index is 0.0208. The van der Waals surface area contributed by atoms with Crippen LogP contribution in [0.5, 0.6) is 0 Å². The highest BCUT2D eigenvalue weighted by Gasteiger charge is 2.32. The van der Waals surface area contributed by atoms with Gasteiger partial charge in [0.05, 0.1) is 24.6 Å². The largest absolute Gasteiger partial charge is 0.464 e. The van der Waals surface area contributed by atoms with Gasteiger partial charge < -0.3 is 15.4 Å². The molecule has 12 nitrogen and oxygen atoms in total. The summed E-state index contributed by atoms with van der Waals surface area (Å²) < 4.78 is 32.2. The number of benzene rings is 1. The van der Waals surface area contributed by atoms with Crippen LogP contribution < -0.4 is 10.6 Å². The van der Waals surface area contributed by atoms with E-state index in [2.05, 4.69) is 10.6 Å². The number of urea groups is 2. The van der Waals surface area contributed by atoms with E-state index in [1.54, 1.807) is 31.1 Å². The highest BCUT2D eigenvalue weighted by molar-refractivity contribution is 7.89. The van der Waals surface area contributed by atoms with E-state index in [0.717, 1.165) is 24.0 Å². The average Bonchev–Trinajstić information content (AvgIpc) is 3.24. The van der Waals surface area contributed by atoms with Crippen LogP contribution in [0.25, 0.3) is 0 Å². The molecule has 0 unspecified atom stereocenters. The van der Waals surface area contributed by atoms with Crippen molar-refractivity contribution in [3.63, 3.8) is 0 Å². The van der Waals surface area contributed by atoms with Gasteiger partial charge in [0, 0.05) is 25.2 Å². The second-order valence-corrected chi connectivity index (χ2v) is 13.2. The third kappa shape index (κ3) is 8.54. The van der Waals surface area contributed by atoms with E-state index in [1.807, 2.05) is 13.8 Å². The van der Waals surface area contributed by atoms with E-state index in [4.69, 9.17) is 4.74 Å². The number of likely N-dealkylation sites (N-methyl/N-ethyl adjacent to an activating group) is 1. The third-order valence-corrected chi connectivity index (χ3v) is 9.42. The number of hydrogen-bond acceptors (Lipinski definition) is 8. The summed E-state index contributed by atoms with van der Waals surface area (Å²) in [5, 5.41) is 5.56. The van der Waals surface area contributed by atoms with Crippen LogP contribution in [0.4, 0.5) is 9.59 Å². The number of sulfonamides is 1. The summed E-state index contributed by atoms with van der Waals surface area (Å²) in [4.78, 5) is 52.3. The van der Waals surface area contributed by atoms with Crippen LogP contribution in [0, 0.1) is 5.92 Å². The fourth-order valence-corrected chi connectivity index (χ4v) is 6.19. The van der Waals surface area contributed by atoms with Gasteiger partial charge in [0.15, 0.2) is 0 Å². The van der Waals surface area contributed by atoms with Gasteiger partial charge in [-0.2, -0.15) is 0 Å². The minimum Gasteiger partial charge on any atom is -0.464 e. The highest BCUT2D eigenvalue weighted by atomic mass is 32.2. The van der Waals surface area contributed by atoms with Gasteiger partial charge in [-0.15, -0.1) is 0 Å². The number of ether oxygens (including phenoxy) is 1. The number of amides is 5. The minimum atomic E-state index is -4.07. The Labute approximate surface area is 248 Å². The molecule has 1 aliphatic carbocycles. The van der Waals surface area contributed by atoms with Gasteiger partial charge in [-0.05, 0) is 88.7 Å². The van der Waals surface area contributed by atoms with Gasteiger partial charge in [0.2, 0.25) is 0 Å². The predicted octanol–water partition coefficient (Wildman–Crippen LogP) is 2.50. The summed E-state index contributed by atoms with van der Waals surface area (Å²) in [5.74, 6) is -0.313. The first-order chi connectivity index (χ1) is 19.8. The maximum Gasteiger partial charge on any atom is 0.331 e. The second-order valence-electron chi connectivity index (χ2n) is 11.2. The molecule has 1 saturated carbocycles. The van der Waals surface area contributed by atoms with Crippen molar-refractivity contribution < 1.29 is 32.3 Å². The van der Waals surface area contributed by atoms with Crippen LogP contribution >= 0.6 is 0 Å². The monoisotopic (exact) mass is 605 g/mol. The summed E-state index contributed by atoms with van der Waals surface area (Å²) in [6.45, 7) is 4.87. The van der Waals surface area contributed by atoms with Crippen molar-refractivity contribution in [2.75, 3.05) is 47.4 Å². The molecule has 0 bridgehead atoms. The molecule has 0 atom stereocenters. The zero-order valence-corrected chi connectivity index (χ0v) is 26.0. The number of carbonyl (C=O) groups excluding carboxylic acids is 4. The standard InChI is InChI=1S/C29H43N5O7S/c1-6-25-20(2)17-34(27(25)36)28(37)30-16-15-21-9-13-24(14-10-21)42(39,40)33(5)29(38)31-23-11-7-22(8-12-23)19-41-26(35)18-32(3)4/h9-10,13-14,22-23H,6-8,11-12,15-19H2,1-5H3,(H,30,37)(H,31,38). The molecular weight excluding hydrogens is 562 g/mol. The predicted molar refractivity (Wildman–Crippen MR) is 157 cm³/mol. The van der Waals surface area contributed by atoms with Gasteiger partial charge in [0.25, 0.3) is 15.9 Å². The smallest absolute Gasteiger partial charge is 0.331 e. The molecule has 2 aliphatic rings. The van der Waals surface area contributed by atoms with Crippen molar-refractivity contribution in [2.45, 2.75) is 63.3 Å². The lowest BCUT2D eigenvalue weighted by atomic mass is 9.86. The Morgan fingerprint density at radius 3 is 2.26 bits per heavy atom. The van der Waals surface area contributed by atoms with Crippen LogP contribution in [0.3, 0.4) is 0 Å². The number of nitrogens with zero attached hydrogens (tertiary/aromatic N) is 3. The van der Waals surface area contributed by atoms with Crippen molar-refractivity contribution >= 4 is 34.0 Å². The molecule has 1 heterocycles. The summed E-state index contributed by atoms with van der Waals surface area (Å²) in [6.07, 6.45) is 3.89. The summed E-state index contributed by atoms with van der Waals surface area (Å²) in [7, 11) is 0.756. The fraction of sp³-hybridized carbons (Fsp3) is 0.586. The van der Waals surface area contributed by atoms with E-state index in [0.29, 0.717) is 42.2 Å². The topological polar surface area (TPSA) is 145 Å². The van der Waals surface area contributed by atoms with E-state index >= 15 is 0 Å². The highest BCUT2D eigenvalue weighted by Crippen LogP contribution is 2.25. The first-order valence-electron chi connectivity index (χ1n) is 14.3. The molecule has 0 saturated heterocycles. The van der Waals surface area contributed by atoms with E-state index in [9.17, 15) is 27.6 Å². The lowest BCUT2D eigenvalue weighted by Crippen LogP contribution is -2.46. The Morgan fingerprint density at radius 1 is 1.05 bits per heavy atom. The van der Waals surface area contributed by atoms with Gasteiger partial charge in [-0.3, -0.25) is 19.4 Å². The molecule has 232 valence electrons. The Bertz CT molecular complexity index is 1290. The molecule has 0 spiro atoms. The van der Waals surface area contributed by atoms with Crippen molar-refractivity contribution in [3.8, 4) is 0 Å². The van der Waals surface area contributed by atoms with Gasteiger partial charge >= 0.3 is 18.0 Å². The Balaban J connectivity index is 1.43. The maximum absolute atomic E-state index is 13.1. The first-order valence-corrected chi connectivity index (χ1v) is 15.7. The molecule has 1 fully saturated rings. The molecule has 0 aromatic heterocycles. The molecule has 2 N–H and O–H groups in total. The van der Waals surface area contributed by atoms with Gasteiger partial charge in [-0.25, -0.2) is 22.3 Å². The number of imide groups is 1. The summed E-state index contributed by atoms with van der Waals surface area (Å²) in [5.41, 5.74) is 2.36. The van der Waals surface area contributed by atoms with E-state index in [-0.39, 0.29) is 48.4 Å². The normalized spacial score (nSPS) is 19.2. The lowest BCUT2D eigenvalue weighted by molar-refractivity contribution is -0.146. The number of rotatable bonds is 11. The van der Waals surface area contributed by atoms with Crippen molar-refractivity contribution in [2.24, 2.45) is 5.92 Å². The number of esters is 1. The molecule has 1 aromatic rings. The molecule has 42 heavy (non-hydrogen) atoms. The van der Waals surface area contributed by atoms with Crippen molar-refractivity contribution in [1.82, 2.24) is 24.7 Å². The molecule has 5 amide bonds. The average molecular weight is 606 g/mol. The summed E-state index contributed by atoms with van der Waals surface area (Å²) >= 11 is 0. The maximum atomic E-state index is 13.1. The SMILES string of the molecule is CCC1=C(C)CN(C(=O)NCCc2ccc(S(=O)(=O)N(C)C(=O)NC3CCC(COC(=O)CN(C)C)CC3)cc2)C1=O. The van der Waals surface area contributed by atoms with Crippen LogP contribution in [0.1, 0.15) is 51.5 Å². The van der Waals surface area contributed by atoms with E-state index in [1.165, 1.54) is 24.1 Å². The van der Waals surface area contributed by atoms with Crippen molar-refractivity contribution in [1.29, 1.82) is 0 Å². The van der Waals surface area contributed by atoms with Crippen LogP contribution in [-0.4, -0.2) is 99.9 Å². The summed E-state index contributed by atoms with van der Waals surface area (Å²) in [6, 6.07) is 4.83. The Kier molecular flexibility index (Phi) is 11.5. The number of hydrogen-bond donors (Lipinski definition) is 2. The van der Waals surface area contributed by atoms with Gasteiger partial charge in [0.1, 0.15) is 0 Å². The molecule has 13 heteroatoms. The lowest BCUT2D eigenvalue weighted by Gasteiger charge is -2.30. The quantitative estimate of drug-likeness (QED) is 0.366. The molecule has 1 aromatic carbocycles. The van der Waals surface area contributed by atoms with Crippen LogP contribution in [0.15, 0.2) is 40.3 Å². The molecule has 0 radical (unpaired) electrons.